The van der Waals surface area contributed by atoms with E-state index in [9.17, 15) is 4.79 Å². The first-order valence-electron chi connectivity index (χ1n) is 10.5. The summed E-state index contributed by atoms with van der Waals surface area (Å²) >= 11 is 0. The van der Waals surface area contributed by atoms with Crippen LogP contribution >= 0.6 is 0 Å². The minimum atomic E-state index is -0.0220. The Morgan fingerprint density at radius 3 is 2.52 bits per heavy atom. The molecule has 0 aliphatic carbocycles. The van der Waals surface area contributed by atoms with E-state index < -0.39 is 0 Å². The molecule has 0 bridgehead atoms. The molecule has 1 amide bonds. The number of hydrogen-bond acceptors (Lipinski definition) is 5. The molecule has 0 saturated heterocycles. The molecule has 0 aliphatic rings. The number of carbonyl (C=O) groups excluding carboxylic acids is 1. The van der Waals surface area contributed by atoms with Gasteiger partial charge in [0.05, 0.1) is 19.3 Å². The maximum atomic E-state index is 12.4. The summed E-state index contributed by atoms with van der Waals surface area (Å²) in [7, 11) is 5.65. The number of nitrogens with zero attached hydrogens (tertiary/aromatic N) is 2. The van der Waals surface area contributed by atoms with E-state index >= 15 is 0 Å². The number of hydrogen-bond donors (Lipinski definition) is 1. The lowest BCUT2D eigenvalue weighted by Crippen LogP contribution is -2.34. The molecular formula is C25H31N3O3. The summed E-state index contributed by atoms with van der Waals surface area (Å²) in [5, 5.41) is 3.03. The van der Waals surface area contributed by atoms with Gasteiger partial charge in [-0.3, -0.25) is 4.79 Å². The van der Waals surface area contributed by atoms with Crippen molar-refractivity contribution < 1.29 is 13.9 Å². The van der Waals surface area contributed by atoms with Crippen molar-refractivity contribution in [2.75, 3.05) is 27.7 Å². The fourth-order valence-electron chi connectivity index (χ4n) is 3.40. The first kappa shape index (κ1) is 22.6. The van der Waals surface area contributed by atoms with Gasteiger partial charge in [0.1, 0.15) is 5.75 Å². The van der Waals surface area contributed by atoms with Gasteiger partial charge in [0.25, 0.3) is 0 Å². The monoisotopic (exact) mass is 421 g/mol. The van der Waals surface area contributed by atoms with Crippen molar-refractivity contribution in [3.05, 3.63) is 71.2 Å². The van der Waals surface area contributed by atoms with Gasteiger partial charge in [-0.2, -0.15) is 0 Å². The lowest BCUT2D eigenvalue weighted by Gasteiger charge is -2.25. The molecule has 3 aromatic rings. The Balaban J connectivity index is 1.53. The molecule has 0 spiro atoms. The highest BCUT2D eigenvalue weighted by Gasteiger charge is 2.16. The van der Waals surface area contributed by atoms with Crippen LogP contribution in [0.25, 0.3) is 11.3 Å². The average Bonchev–Trinajstić information content (AvgIpc) is 3.23. The van der Waals surface area contributed by atoms with Crippen LogP contribution in [0.5, 0.6) is 5.75 Å². The van der Waals surface area contributed by atoms with Crippen LogP contribution < -0.4 is 10.1 Å². The van der Waals surface area contributed by atoms with Gasteiger partial charge in [-0.05, 0) is 62.8 Å². The number of ether oxygens (including phenoxy) is 1. The molecule has 31 heavy (non-hydrogen) atoms. The highest BCUT2D eigenvalue weighted by Crippen LogP contribution is 2.24. The van der Waals surface area contributed by atoms with Crippen molar-refractivity contribution in [2.45, 2.75) is 32.7 Å². The standard InChI is InChI=1S/C25H31N3O3/c1-17-6-7-20(14-18(17)2)23-16-27-25(31-23)13-12-24(29)26-15-22(28(3)4)19-8-10-21(30-5)11-9-19/h6-11,14,16,22H,12-13,15H2,1-5H3,(H,26,29)/t22-/m1/s1. The molecule has 1 atom stereocenters. The van der Waals surface area contributed by atoms with Crippen LogP contribution in [0.3, 0.4) is 0 Å². The van der Waals surface area contributed by atoms with Gasteiger partial charge in [-0.1, -0.05) is 24.3 Å². The second-order valence-electron chi connectivity index (χ2n) is 7.97. The van der Waals surface area contributed by atoms with Crippen LogP contribution in [0.15, 0.2) is 53.1 Å². The maximum Gasteiger partial charge on any atom is 0.220 e. The number of carbonyl (C=O) groups is 1. The Labute approximate surface area is 184 Å². The molecule has 0 fully saturated rings. The Kier molecular flexibility index (Phi) is 7.47. The molecule has 0 radical (unpaired) electrons. The summed E-state index contributed by atoms with van der Waals surface area (Å²) in [6, 6.07) is 14.2. The van der Waals surface area contributed by atoms with E-state index in [4.69, 9.17) is 9.15 Å². The summed E-state index contributed by atoms with van der Waals surface area (Å²) in [4.78, 5) is 18.8. The molecular weight excluding hydrogens is 390 g/mol. The molecule has 0 unspecified atom stereocenters. The predicted octanol–water partition coefficient (Wildman–Crippen LogP) is 4.32. The highest BCUT2D eigenvalue weighted by molar-refractivity contribution is 5.76. The summed E-state index contributed by atoms with van der Waals surface area (Å²) in [5.74, 6) is 2.09. The van der Waals surface area contributed by atoms with Gasteiger partial charge in [0.15, 0.2) is 11.7 Å². The molecule has 0 aliphatic heterocycles. The van der Waals surface area contributed by atoms with Gasteiger partial charge in [-0.25, -0.2) is 4.98 Å². The van der Waals surface area contributed by atoms with Crippen LogP contribution in [0.2, 0.25) is 0 Å². The molecule has 3 rings (SSSR count). The molecule has 0 saturated carbocycles. The number of oxazole rings is 1. The van der Waals surface area contributed by atoms with E-state index in [1.54, 1.807) is 13.3 Å². The molecule has 2 aromatic carbocycles. The van der Waals surface area contributed by atoms with Crippen molar-refractivity contribution in [1.29, 1.82) is 0 Å². The third-order valence-corrected chi connectivity index (χ3v) is 5.53. The second kappa shape index (κ2) is 10.3. The number of amides is 1. The first-order chi connectivity index (χ1) is 14.9. The van der Waals surface area contributed by atoms with Crippen LogP contribution in [-0.4, -0.2) is 43.5 Å². The molecule has 1 N–H and O–H groups in total. The number of benzene rings is 2. The summed E-state index contributed by atoms with van der Waals surface area (Å²) in [6.45, 7) is 4.68. The zero-order valence-corrected chi connectivity index (χ0v) is 18.9. The normalized spacial score (nSPS) is 12.1. The Bertz CT molecular complexity index is 1010. The molecule has 164 valence electrons. The van der Waals surface area contributed by atoms with Crippen molar-refractivity contribution in [3.8, 4) is 17.1 Å². The molecule has 1 heterocycles. The van der Waals surface area contributed by atoms with E-state index in [-0.39, 0.29) is 11.9 Å². The fourth-order valence-corrected chi connectivity index (χ4v) is 3.40. The van der Waals surface area contributed by atoms with Gasteiger partial charge in [0, 0.05) is 24.9 Å². The molecule has 6 heteroatoms. The number of nitrogens with one attached hydrogen (secondary N) is 1. The first-order valence-corrected chi connectivity index (χ1v) is 10.5. The summed E-state index contributed by atoms with van der Waals surface area (Å²) in [6.07, 6.45) is 2.52. The number of aromatic nitrogens is 1. The SMILES string of the molecule is COc1ccc([C@@H](CNC(=O)CCc2ncc(-c3ccc(C)c(C)c3)o2)N(C)C)cc1. The topological polar surface area (TPSA) is 67.6 Å². The zero-order chi connectivity index (χ0) is 22.4. The number of methoxy groups -OCH3 is 1. The van der Waals surface area contributed by atoms with Crippen LogP contribution in [0.1, 0.15) is 35.0 Å². The quantitative estimate of drug-likeness (QED) is 0.557. The Hall–Kier alpha value is -3.12. The predicted molar refractivity (Wildman–Crippen MR) is 122 cm³/mol. The number of aryl methyl sites for hydroxylation is 3. The van der Waals surface area contributed by atoms with E-state index in [2.05, 4.69) is 41.2 Å². The smallest absolute Gasteiger partial charge is 0.220 e. The van der Waals surface area contributed by atoms with E-state index in [1.807, 2.05) is 44.4 Å². The number of rotatable bonds is 9. The van der Waals surface area contributed by atoms with Gasteiger partial charge >= 0.3 is 0 Å². The largest absolute Gasteiger partial charge is 0.497 e. The third-order valence-electron chi connectivity index (χ3n) is 5.53. The van der Waals surface area contributed by atoms with E-state index in [0.717, 1.165) is 22.6 Å². The average molecular weight is 422 g/mol. The number of likely N-dealkylation sites (N-methyl/N-ethyl adjacent to an activating group) is 1. The van der Waals surface area contributed by atoms with Crippen molar-refractivity contribution in [3.63, 3.8) is 0 Å². The van der Waals surface area contributed by atoms with Crippen LogP contribution in [-0.2, 0) is 11.2 Å². The second-order valence-corrected chi connectivity index (χ2v) is 7.97. The van der Waals surface area contributed by atoms with Crippen molar-refractivity contribution in [2.24, 2.45) is 0 Å². The highest BCUT2D eigenvalue weighted by atomic mass is 16.5. The van der Waals surface area contributed by atoms with Crippen LogP contribution in [0.4, 0.5) is 0 Å². The lowest BCUT2D eigenvalue weighted by molar-refractivity contribution is -0.121. The van der Waals surface area contributed by atoms with E-state index in [1.165, 1.54) is 11.1 Å². The van der Waals surface area contributed by atoms with Gasteiger partial charge in [-0.15, -0.1) is 0 Å². The third kappa shape index (κ3) is 5.95. The Morgan fingerprint density at radius 1 is 1.13 bits per heavy atom. The summed E-state index contributed by atoms with van der Waals surface area (Å²) < 4.78 is 11.1. The van der Waals surface area contributed by atoms with Crippen LogP contribution in [0, 0.1) is 13.8 Å². The van der Waals surface area contributed by atoms with Crippen molar-refractivity contribution >= 4 is 5.91 Å². The van der Waals surface area contributed by atoms with Crippen molar-refractivity contribution in [1.82, 2.24) is 15.2 Å². The van der Waals surface area contributed by atoms with E-state index in [0.29, 0.717) is 25.3 Å². The molecule has 1 aromatic heterocycles. The zero-order valence-electron chi connectivity index (χ0n) is 18.9. The molecule has 6 nitrogen and oxygen atoms in total. The minimum absolute atomic E-state index is 0.0220. The van der Waals surface area contributed by atoms with Gasteiger partial charge < -0.3 is 19.4 Å². The van der Waals surface area contributed by atoms with Gasteiger partial charge in [0.2, 0.25) is 5.91 Å². The summed E-state index contributed by atoms with van der Waals surface area (Å²) in [5.41, 5.74) is 4.57. The fraction of sp³-hybridized carbons (Fsp3) is 0.360. The minimum Gasteiger partial charge on any atom is -0.497 e. The Morgan fingerprint density at radius 2 is 1.87 bits per heavy atom. The lowest BCUT2D eigenvalue weighted by atomic mass is 10.1. The maximum absolute atomic E-state index is 12.4.